The van der Waals surface area contributed by atoms with Crippen molar-refractivity contribution in [1.82, 2.24) is 9.97 Å². The van der Waals surface area contributed by atoms with Crippen LogP contribution in [0, 0.1) is 11.7 Å². The third-order valence-corrected chi connectivity index (χ3v) is 3.13. The number of fused-ring (bicyclic) bond motifs is 1. The molecule has 19 heavy (non-hydrogen) atoms. The number of benzene rings is 1. The molecule has 0 aliphatic carbocycles. The molecule has 1 atom stereocenters. The Balaban J connectivity index is 1.72. The van der Waals surface area contributed by atoms with Gasteiger partial charge in [0.15, 0.2) is 5.82 Å². The van der Waals surface area contributed by atoms with Gasteiger partial charge in [0.2, 0.25) is 0 Å². The van der Waals surface area contributed by atoms with Crippen LogP contribution in [0.25, 0.3) is 10.9 Å². The van der Waals surface area contributed by atoms with Gasteiger partial charge >= 0.3 is 0 Å². The number of ether oxygens (including phenoxy) is 1. The van der Waals surface area contributed by atoms with Crippen molar-refractivity contribution < 1.29 is 14.0 Å². The number of hydrogen-bond donors (Lipinski definition) is 1. The van der Waals surface area contributed by atoms with Crippen molar-refractivity contribution in [3.8, 4) is 0 Å². The molecule has 2 aromatic rings. The van der Waals surface area contributed by atoms with Crippen LogP contribution in [0.2, 0.25) is 0 Å². The molecule has 3 rings (SSSR count). The Morgan fingerprint density at radius 3 is 3.21 bits per heavy atom. The number of aromatic nitrogens is 2. The van der Waals surface area contributed by atoms with Crippen LogP contribution < -0.4 is 5.48 Å². The van der Waals surface area contributed by atoms with Gasteiger partial charge < -0.3 is 4.74 Å². The predicted molar refractivity (Wildman–Crippen MR) is 68.0 cm³/mol. The Hall–Kier alpha value is -1.79. The molecule has 1 aliphatic heterocycles. The molecule has 100 valence electrons. The summed E-state index contributed by atoms with van der Waals surface area (Å²) in [4.78, 5) is 13.4. The van der Waals surface area contributed by atoms with Gasteiger partial charge in [-0.1, -0.05) is 6.07 Å². The van der Waals surface area contributed by atoms with Crippen molar-refractivity contribution in [2.75, 3.05) is 25.3 Å². The van der Waals surface area contributed by atoms with Gasteiger partial charge in [-0.25, -0.2) is 19.8 Å². The van der Waals surface area contributed by atoms with E-state index in [1.165, 1.54) is 12.4 Å². The molecule has 1 saturated heterocycles. The molecule has 5 nitrogen and oxygen atoms in total. The second kappa shape index (κ2) is 5.46. The lowest BCUT2D eigenvalue weighted by Crippen LogP contribution is -2.13. The highest BCUT2D eigenvalue weighted by Crippen LogP contribution is 2.21. The van der Waals surface area contributed by atoms with E-state index in [1.807, 2.05) is 0 Å². The van der Waals surface area contributed by atoms with Crippen molar-refractivity contribution in [2.24, 2.45) is 5.92 Å². The Labute approximate surface area is 109 Å². The second-order valence-corrected chi connectivity index (χ2v) is 4.50. The van der Waals surface area contributed by atoms with Gasteiger partial charge in [-0.2, -0.15) is 0 Å². The van der Waals surface area contributed by atoms with Crippen molar-refractivity contribution in [1.29, 1.82) is 0 Å². The molecule has 1 aliphatic rings. The molecule has 0 radical (unpaired) electrons. The summed E-state index contributed by atoms with van der Waals surface area (Å²) < 4.78 is 18.8. The van der Waals surface area contributed by atoms with Crippen molar-refractivity contribution >= 4 is 16.7 Å². The van der Waals surface area contributed by atoms with Gasteiger partial charge in [-0.15, -0.1) is 0 Å². The lowest BCUT2D eigenvalue weighted by molar-refractivity contribution is 0.126. The maximum absolute atomic E-state index is 13.6. The van der Waals surface area contributed by atoms with Gasteiger partial charge in [0.25, 0.3) is 0 Å². The van der Waals surface area contributed by atoms with Gasteiger partial charge in [0, 0.05) is 17.9 Å². The molecule has 1 fully saturated rings. The van der Waals surface area contributed by atoms with E-state index in [1.54, 1.807) is 12.1 Å². The zero-order chi connectivity index (χ0) is 13.1. The minimum atomic E-state index is -0.368. The molecule has 1 aromatic heterocycles. The smallest absolute Gasteiger partial charge is 0.161 e. The number of hydrogen-bond acceptors (Lipinski definition) is 5. The largest absolute Gasteiger partial charge is 0.381 e. The maximum atomic E-state index is 13.6. The van der Waals surface area contributed by atoms with E-state index in [0.29, 0.717) is 23.7 Å². The molecule has 0 bridgehead atoms. The van der Waals surface area contributed by atoms with Crippen LogP contribution in [0.1, 0.15) is 6.42 Å². The second-order valence-electron chi connectivity index (χ2n) is 4.50. The van der Waals surface area contributed by atoms with Gasteiger partial charge in [-0.05, 0) is 18.6 Å². The Morgan fingerprint density at radius 1 is 1.42 bits per heavy atom. The first-order valence-corrected chi connectivity index (χ1v) is 6.19. The van der Waals surface area contributed by atoms with E-state index in [0.717, 1.165) is 19.6 Å². The topological polar surface area (TPSA) is 56.3 Å². The van der Waals surface area contributed by atoms with Gasteiger partial charge in [0.05, 0.1) is 13.2 Å². The lowest BCUT2D eigenvalue weighted by atomic mass is 10.1. The SMILES string of the molecule is Fc1cccc2c(NOCC3CCOC3)ncnc12. The van der Waals surface area contributed by atoms with Crippen LogP contribution in [-0.2, 0) is 9.57 Å². The molecule has 6 heteroatoms. The molecular formula is C13H14FN3O2. The minimum absolute atomic E-state index is 0.285. The normalized spacial score (nSPS) is 18.9. The number of rotatable bonds is 4. The van der Waals surface area contributed by atoms with Crippen LogP contribution in [0.3, 0.4) is 0 Å². The maximum Gasteiger partial charge on any atom is 0.161 e. The quantitative estimate of drug-likeness (QED) is 0.856. The zero-order valence-corrected chi connectivity index (χ0v) is 10.3. The molecule has 0 spiro atoms. The third-order valence-electron chi connectivity index (χ3n) is 3.13. The molecule has 1 unspecified atom stereocenters. The molecule has 0 amide bonds. The van der Waals surface area contributed by atoms with Crippen LogP contribution in [0.4, 0.5) is 10.2 Å². The first-order valence-electron chi connectivity index (χ1n) is 6.19. The first kappa shape index (κ1) is 12.3. The van der Waals surface area contributed by atoms with Crippen LogP contribution in [-0.4, -0.2) is 29.8 Å². The highest BCUT2D eigenvalue weighted by atomic mass is 19.1. The average molecular weight is 263 g/mol. The summed E-state index contributed by atoms with van der Waals surface area (Å²) in [5, 5.41) is 0.602. The lowest BCUT2D eigenvalue weighted by Gasteiger charge is -2.11. The Morgan fingerprint density at radius 2 is 2.37 bits per heavy atom. The highest BCUT2D eigenvalue weighted by Gasteiger charge is 2.16. The van der Waals surface area contributed by atoms with Gasteiger partial charge in [-0.3, -0.25) is 4.84 Å². The highest BCUT2D eigenvalue weighted by molar-refractivity contribution is 5.88. The summed E-state index contributed by atoms with van der Waals surface area (Å²) in [5.41, 5.74) is 3.05. The number of para-hydroxylation sites is 1. The number of nitrogens with zero attached hydrogens (tertiary/aromatic N) is 2. The van der Waals surface area contributed by atoms with Crippen molar-refractivity contribution in [3.05, 3.63) is 30.3 Å². The standard InChI is InChI=1S/C13H14FN3O2/c14-11-3-1-2-10-12(11)15-8-16-13(10)17-19-7-9-4-5-18-6-9/h1-3,8-9H,4-7H2,(H,15,16,17). The monoisotopic (exact) mass is 263 g/mol. The fourth-order valence-electron chi connectivity index (χ4n) is 2.08. The number of halogens is 1. The Bertz CT molecular complexity index is 573. The van der Waals surface area contributed by atoms with E-state index in [4.69, 9.17) is 9.57 Å². The fourth-order valence-corrected chi connectivity index (χ4v) is 2.08. The third kappa shape index (κ3) is 2.64. The first-order chi connectivity index (χ1) is 9.34. The van der Waals surface area contributed by atoms with E-state index >= 15 is 0 Å². The molecular weight excluding hydrogens is 249 g/mol. The number of anilines is 1. The summed E-state index contributed by atoms with van der Waals surface area (Å²) in [5.74, 6) is 0.507. The van der Waals surface area contributed by atoms with Crippen LogP contribution in [0.5, 0.6) is 0 Å². The van der Waals surface area contributed by atoms with E-state index in [9.17, 15) is 4.39 Å². The summed E-state index contributed by atoms with van der Waals surface area (Å²) in [6, 6.07) is 4.75. The van der Waals surface area contributed by atoms with Crippen LogP contribution in [0.15, 0.2) is 24.5 Å². The summed E-state index contributed by atoms with van der Waals surface area (Å²) in [7, 11) is 0. The Kier molecular flexibility index (Phi) is 3.52. The molecule has 1 aromatic carbocycles. The zero-order valence-electron chi connectivity index (χ0n) is 10.3. The van der Waals surface area contributed by atoms with E-state index < -0.39 is 0 Å². The van der Waals surface area contributed by atoms with Crippen molar-refractivity contribution in [3.63, 3.8) is 0 Å². The molecule has 2 heterocycles. The van der Waals surface area contributed by atoms with Gasteiger partial charge in [0.1, 0.15) is 17.7 Å². The average Bonchev–Trinajstić information content (AvgIpc) is 2.93. The molecule has 0 saturated carbocycles. The minimum Gasteiger partial charge on any atom is -0.381 e. The van der Waals surface area contributed by atoms with Crippen LogP contribution >= 0.6 is 0 Å². The van der Waals surface area contributed by atoms with Crippen molar-refractivity contribution in [2.45, 2.75) is 6.42 Å². The van der Waals surface area contributed by atoms with E-state index in [2.05, 4.69) is 15.4 Å². The number of nitrogens with one attached hydrogen (secondary N) is 1. The summed E-state index contributed by atoms with van der Waals surface area (Å²) >= 11 is 0. The molecule has 1 N–H and O–H groups in total. The fraction of sp³-hybridized carbons (Fsp3) is 0.385. The summed E-state index contributed by atoms with van der Waals surface area (Å²) in [6.07, 6.45) is 2.32. The summed E-state index contributed by atoms with van der Waals surface area (Å²) in [6.45, 7) is 2.05. The predicted octanol–water partition coefficient (Wildman–Crippen LogP) is 2.15. The van der Waals surface area contributed by atoms with E-state index in [-0.39, 0.29) is 11.3 Å².